The van der Waals surface area contributed by atoms with E-state index in [1.807, 2.05) is 42.5 Å². The zero-order chi connectivity index (χ0) is 15.4. The predicted molar refractivity (Wildman–Crippen MR) is 88.1 cm³/mol. The van der Waals surface area contributed by atoms with E-state index < -0.39 is 0 Å². The van der Waals surface area contributed by atoms with Gasteiger partial charge in [0.2, 0.25) is 0 Å². The Morgan fingerprint density at radius 1 is 1.05 bits per heavy atom. The minimum Gasteiger partial charge on any atom is -0.508 e. The van der Waals surface area contributed by atoms with E-state index in [0.29, 0.717) is 5.58 Å². The number of unbranched alkanes of at least 4 members (excludes halogenated alkanes) is 1. The van der Waals surface area contributed by atoms with Crippen molar-refractivity contribution >= 4 is 11.0 Å². The largest absolute Gasteiger partial charge is 0.508 e. The number of phenolic OH excluding ortho intramolecular Hbond substituents is 1. The van der Waals surface area contributed by atoms with Gasteiger partial charge in [0.05, 0.1) is 23.6 Å². The van der Waals surface area contributed by atoms with E-state index in [-0.39, 0.29) is 5.75 Å². The smallest absolute Gasteiger partial charge is 0.364 e. The molecule has 3 heteroatoms. The quantitative estimate of drug-likeness (QED) is 0.515. The molecule has 0 aliphatic heterocycles. The minimum absolute atomic E-state index is 0.199. The topological polar surface area (TPSA) is 40.8 Å². The highest BCUT2D eigenvalue weighted by molar-refractivity contribution is 5.80. The molecule has 0 saturated heterocycles. The molecule has 1 N–H and O–H groups in total. The highest BCUT2D eigenvalue weighted by Gasteiger charge is 2.15. The fourth-order valence-corrected chi connectivity index (χ4v) is 2.30. The van der Waals surface area contributed by atoms with Crippen molar-refractivity contribution in [3.63, 3.8) is 0 Å². The lowest BCUT2D eigenvalue weighted by Crippen LogP contribution is -1.96. The van der Waals surface area contributed by atoms with E-state index in [2.05, 4.69) is 6.92 Å². The summed E-state index contributed by atoms with van der Waals surface area (Å²) in [5.41, 5.74) is 1.62. The molecular formula is C19H19O3+. The third kappa shape index (κ3) is 3.19. The van der Waals surface area contributed by atoms with Crippen LogP contribution in [0.15, 0.2) is 59.0 Å². The van der Waals surface area contributed by atoms with Crippen LogP contribution in [0.1, 0.15) is 19.8 Å². The van der Waals surface area contributed by atoms with Crippen LogP contribution in [-0.4, -0.2) is 11.7 Å². The Morgan fingerprint density at radius 3 is 2.77 bits per heavy atom. The summed E-state index contributed by atoms with van der Waals surface area (Å²) in [5.74, 6) is 1.79. The first-order valence-corrected chi connectivity index (χ1v) is 7.55. The molecule has 3 aromatic rings. The highest BCUT2D eigenvalue weighted by atomic mass is 16.5. The van der Waals surface area contributed by atoms with Gasteiger partial charge in [-0.1, -0.05) is 19.4 Å². The molecule has 0 bridgehead atoms. The Labute approximate surface area is 129 Å². The SMILES string of the molecule is CCCCOc1cccc(-c2ccc3ccc(O)cc3[o+]2)c1. The molecule has 22 heavy (non-hydrogen) atoms. The van der Waals surface area contributed by atoms with Gasteiger partial charge in [-0.25, -0.2) is 4.42 Å². The summed E-state index contributed by atoms with van der Waals surface area (Å²) in [6.45, 7) is 2.87. The first-order valence-electron chi connectivity index (χ1n) is 7.55. The highest BCUT2D eigenvalue weighted by Crippen LogP contribution is 2.28. The number of fused-ring (bicyclic) bond motifs is 1. The Kier molecular flexibility index (Phi) is 4.24. The molecule has 0 spiro atoms. The summed E-state index contributed by atoms with van der Waals surface area (Å²) < 4.78 is 11.6. The predicted octanol–water partition coefficient (Wildman–Crippen LogP) is 5.27. The molecule has 0 atom stereocenters. The van der Waals surface area contributed by atoms with Crippen molar-refractivity contribution in [3.05, 3.63) is 54.6 Å². The van der Waals surface area contributed by atoms with Crippen LogP contribution in [-0.2, 0) is 0 Å². The van der Waals surface area contributed by atoms with Gasteiger partial charge in [0, 0.05) is 6.07 Å². The monoisotopic (exact) mass is 295 g/mol. The van der Waals surface area contributed by atoms with Crippen LogP contribution in [0.4, 0.5) is 0 Å². The Balaban J connectivity index is 1.91. The Hall–Kier alpha value is -2.55. The molecular weight excluding hydrogens is 276 g/mol. The van der Waals surface area contributed by atoms with Crippen LogP contribution in [0.2, 0.25) is 0 Å². The number of aromatic hydroxyl groups is 1. The molecule has 0 radical (unpaired) electrons. The van der Waals surface area contributed by atoms with Crippen LogP contribution < -0.4 is 4.74 Å². The summed E-state index contributed by atoms with van der Waals surface area (Å²) in [5, 5.41) is 10.5. The number of ether oxygens (including phenoxy) is 1. The molecule has 0 amide bonds. The summed E-state index contributed by atoms with van der Waals surface area (Å²) in [4.78, 5) is 0. The van der Waals surface area contributed by atoms with Crippen LogP contribution >= 0.6 is 0 Å². The summed E-state index contributed by atoms with van der Waals surface area (Å²) >= 11 is 0. The lowest BCUT2D eigenvalue weighted by Gasteiger charge is -2.05. The fourth-order valence-electron chi connectivity index (χ4n) is 2.30. The fraction of sp³-hybridized carbons (Fsp3) is 0.211. The van der Waals surface area contributed by atoms with E-state index in [0.717, 1.165) is 41.9 Å². The number of benzene rings is 2. The average molecular weight is 295 g/mol. The lowest BCUT2D eigenvalue weighted by molar-refractivity contribution is 0.309. The van der Waals surface area contributed by atoms with Crippen LogP contribution in [0.25, 0.3) is 22.3 Å². The number of phenols is 1. The van der Waals surface area contributed by atoms with Crippen LogP contribution in [0, 0.1) is 0 Å². The van der Waals surface area contributed by atoms with Crippen molar-refractivity contribution < 1.29 is 14.3 Å². The van der Waals surface area contributed by atoms with Crippen molar-refractivity contribution in [1.82, 2.24) is 0 Å². The van der Waals surface area contributed by atoms with Gasteiger partial charge in [-0.15, -0.1) is 0 Å². The van der Waals surface area contributed by atoms with Gasteiger partial charge in [-0.05, 0) is 42.8 Å². The van der Waals surface area contributed by atoms with Gasteiger partial charge >= 0.3 is 11.3 Å². The number of hydrogen-bond donors (Lipinski definition) is 1. The molecule has 0 saturated carbocycles. The van der Waals surface area contributed by atoms with Gasteiger partial charge in [-0.2, -0.15) is 0 Å². The van der Waals surface area contributed by atoms with Crippen molar-refractivity contribution in [1.29, 1.82) is 0 Å². The van der Waals surface area contributed by atoms with Gasteiger partial charge in [0.15, 0.2) is 0 Å². The third-order valence-corrected chi connectivity index (χ3v) is 3.52. The molecule has 0 aliphatic rings. The maximum Gasteiger partial charge on any atom is 0.364 e. The molecule has 0 fully saturated rings. The minimum atomic E-state index is 0.199. The second kappa shape index (κ2) is 6.48. The van der Waals surface area contributed by atoms with Crippen molar-refractivity contribution in [2.45, 2.75) is 19.8 Å². The van der Waals surface area contributed by atoms with Gasteiger partial charge < -0.3 is 9.84 Å². The van der Waals surface area contributed by atoms with Gasteiger partial charge in [-0.3, -0.25) is 0 Å². The summed E-state index contributed by atoms with van der Waals surface area (Å²) in [7, 11) is 0. The lowest BCUT2D eigenvalue weighted by atomic mass is 10.1. The average Bonchev–Trinajstić information content (AvgIpc) is 2.55. The molecule has 3 rings (SSSR count). The van der Waals surface area contributed by atoms with Crippen molar-refractivity contribution in [2.24, 2.45) is 0 Å². The van der Waals surface area contributed by atoms with E-state index in [1.54, 1.807) is 12.1 Å². The van der Waals surface area contributed by atoms with E-state index in [1.165, 1.54) is 0 Å². The van der Waals surface area contributed by atoms with E-state index in [4.69, 9.17) is 9.15 Å². The summed E-state index contributed by atoms with van der Waals surface area (Å²) in [6, 6.07) is 16.9. The first-order chi connectivity index (χ1) is 10.8. The van der Waals surface area contributed by atoms with Crippen LogP contribution in [0.3, 0.4) is 0 Å². The molecule has 112 valence electrons. The third-order valence-electron chi connectivity index (χ3n) is 3.52. The second-order valence-corrected chi connectivity index (χ2v) is 5.25. The molecule has 0 aliphatic carbocycles. The van der Waals surface area contributed by atoms with Crippen molar-refractivity contribution in [2.75, 3.05) is 6.61 Å². The zero-order valence-electron chi connectivity index (χ0n) is 12.6. The van der Waals surface area contributed by atoms with Gasteiger partial charge in [0.25, 0.3) is 0 Å². The molecule has 1 heterocycles. The normalized spacial score (nSPS) is 10.8. The van der Waals surface area contributed by atoms with Crippen molar-refractivity contribution in [3.8, 4) is 22.8 Å². The van der Waals surface area contributed by atoms with E-state index in [9.17, 15) is 5.11 Å². The number of rotatable bonds is 5. The zero-order valence-corrected chi connectivity index (χ0v) is 12.6. The Bertz CT molecular complexity index is 780. The maximum absolute atomic E-state index is 9.58. The Morgan fingerprint density at radius 2 is 1.91 bits per heavy atom. The summed E-state index contributed by atoms with van der Waals surface area (Å²) in [6.07, 6.45) is 2.16. The molecule has 2 aromatic carbocycles. The molecule has 1 aromatic heterocycles. The van der Waals surface area contributed by atoms with Crippen LogP contribution in [0.5, 0.6) is 11.5 Å². The molecule has 0 unspecified atom stereocenters. The van der Waals surface area contributed by atoms with E-state index >= 15 is 0 Å². The number of hydrogen-bond acceptors (Lipinski definition) is 2. The molecule has 3 nitrogen and oxygen atoms in total. The van der Waals surface area contributed by atoms with Gasteiger partial charge in [0.1, 0.15) is 11.5 Å². The first kappa shape index (κ1) is 14.4. The maximum atomic E-state index is 9.58. The second-order valence-electron chi connectivity index (χ2n) is 5.25. The standard InChI is InChI=1S/C19H18O3/c1-2-3-11-21-17-6-4-5-15(12-17)18-10-8-14-7-9-16(20)13-19(14)22-18/h4-10,12-13H,2-3,11H2,1H3/p+1.